The number of hydrogen-bond acceptors (Lipinski definition) is 7. The molecule has 1 heterocycles. The van der Waals surface area contributed by atoms with E-state index in [0.29, 0.717) is 23.7 Å². The molecule has 1 N–H and O–H groups in total. The third-order valence-electron chi connectivity index (χ3n) is 4.63. The molecule has 8 nitrogen and oxygen atoms in total. The Bertz CT molecular complexity index is 847. The Morgan fingerprint density at radius 3 is 2.39 bits per heavy atom. The topological polar surface area (TPSA) is 94.2 Å². The summed E-state index contributed by atoms with van der Waals surface area (Å²) in [7, 11) is 1.53. The van der Waals surface area contributed by atoms with Gasteiger partial charge in [-0.15, -0.1) is 6.42 Å². The van der Waals surface area contributed by atoms with Gasteiger partial charge in [-0.25, -0.2) is 8.42 Å². The molecule has 0 aromatic heterocycles. The minimum Gasteiger partial charge on any atom is -0.496 e. The van der Waals surface area contributed by atoms with E-state index in [-0.39, 0.29) is 43.1 Å². The molecule has 0 saturated carbocycles. The summed E-state index contributed by atoms with van der Waals surface area (Å²) in [4.78, 5) is 14.2. The molecule has 28 heavy (non-hydrogen) atoms. The standard InChI is InChI=1S/C19H26N2O6S/c1-5-7-21(15-6-8-28(23,24)13-15)12-19(22)20-11-14-9-17(26-3)18(27-4)10-16(14)25-2/h1,9-10,15H,6-8,11-13H2,2-4H3,(H,20,22). The second-order valence-corrected chi connectivity index (χ2v) is 8.69. The van der Waals surface area contributed by atoms with Crippen molar-refractivity contribution >= 4 is 15.7 Å². The fourth-order valence-corrected chi connectivity index (χ4v) is 4.92. The van der Waals surface area contributed by atoms with Gasteiger partial charge in [-0.1, -0.05) is 5.92 Å². The number of carbonyl (C=O) groups excluding carboxylic acids is 1. The number of ether oxygens (including phenoxy) is 3. The van der Waals surface area contributed by atoms with Gasteiger partial charge in [0.1, 0.15) is 5.75 Å². The van der Waals surface area contributed by atoms with Gasteiger partial charge in [0.25, 0.3) is 0 Å². The van der Waals surface area contributed by atoms with E-state index in [1.54, 1.807) is 17.0 Å². The summed E-state index contributed by atoms with van der Waals surface area (Å²) in [5.41, 5.74) is 0.723. The quantitative estimate of drug-likeness (QED) is 0.591. The van der Waals surface area contributed by atoms with Crippen LogP contribution in [0.2, 0.25) is 0 Å². The zero-order valence-corrected chi connectivity index (χ0v) is 17.2. The molecule has 9 heteroatoms. The van der Waals surface area contributed by atoms with Crippen molar-refractivity contribution in [3.63, 3.8) is 0 Å². The molecule has 1 atom stereocenters. The van der Waals surface area contributed by atoms with Gasteiger partial charge in [-0.2, -0.15) is 0 Å². The average molecular weight is 410 g/mol. The van der Waals surface area contributed by atoms with E-state index in [1.165, 1.54) is 21.3 Å². The van der Waals surface area contributed by atoms with E-state index in [2.05, 4.69) is 11.2 Å². The molecule has 154 valence electrons. The molecule has 1 unspecified atom stereocenters. The summed E-state index contributed by atoms with van der Waals surface area (Å²) in [5, 5.41) is 2.82. The fraction of sp³-hybridized carbons (Fsp3) is 0.526. The molecule has 1 fully saturated rings. The molecule has 1 aromatic carbocycles. The molecule has 1 saturated heterocycles. The Hall–Kier alpha value is -2.44. The predicted molar refractivity (Wildman–Crippen MR) is 105 cm³/mol. The largest absolute Gasteiger partial charge is 0.496 e. The number of methoxy groups -OCH3 is 3. The minimum atomic E-state index is -3.06. The number of rotatable bonds is 9. The molecular formula is C19H26N2O6S. The number of nitrogens with one attached hydrogen (secondary N) is 1. The highest BCUT2D eigenvalue weighted by Gasteiger charge is 2.32. The third kappa shape index (κ3) is 5.53. The van der Waals surface area contributed by atoms with Crippen LogP contribution in [0.25, 0.3) is 0 Å². The first-order chi connectivity index (χ1) is 13.3. The van der Waals surface area contributed by atoms with Gasteiger partial charge in [0.05, 0.1) is 45.9 Å². The number of carbonyl (C=O) groups is 1. The normalized spacial score (nSPS) is 17.8. The highest BCUT2D eigenvalue weighted by atomic mass is 32.2. The molecule has 1 aliphatic rings. The van der Waals surface area contributed by atoms with E-state index < -0.39 is 9.84 Å². The smallest absolute Gasteiger partial charge is 0.234 e. The van der Waals surface area contributed by atoms with Crippen LogP contribution in [-0.4, -0.2) is 71.2 Å². The number of hydrogen-bond donors (Lipinski definition) is 1. The van der Waals surface area contributed by atoms with Gasteiger partial charge in [0.2, 0.25) is 5.91 Å². The first kappa shape index (κ1) is 21.9. The zero-order chi connectivity index (χ0) is 20.7. The number of sulfone groups is 1. The predicted octanol–water partition coefficient (Wildman–Crippen LogP) is 0.451. The molecule has 0 aliphatic carbocycles. The van der Waals surface area contributed by atoms with Crippen LogP contribution in [0.1, 0.15) is 12.0 Å². The lowest BCUT2D eigenvalue weighted by atomic mass is 10.1. The Morgan fingerprint density at radius 2 is 1.86 bits per heavy atom. The lowest BCUT2D eigenvalue weighted by Gasteiger charge is -2.25. The molecule has 0 bridgehead atoms. The maximum Gasteiger partial charge on any atom is 0.234 e. The number of benzene rings is 1. The van der Waals surface area contributed by atoms with Gasteiger partial charge >= 0.3 is 0 Å². The monoisotopic (exact) mass is 410 g/mol. The minimum absolute atomic E-state index is 0.0278. The highest BCUT2D eigenvalue weighted by molar-refractivity contribution is 7.91. The van der Waals surface area contributed by atoms with Crippen LogP contribution < -0.4 is 19.5 Å². The molecule has 1 amide bonds. The first-order valence-electron chi connectivity index (χ1n) is 8.77. The summed E-state index contributed by atoms with van der Waals surface area (Å²) in [6.07, 6.45) is 5.87. The van der Waals surface area contributed by atoms with Crippen molar-refractivity contribution in [1.82, 2.24) is 10.2 Å². The number of terminal acetylenes is 1. The summed E-state index contributed by atoms with van der Waals surface area (Å²) >= 11 is 0. The van der Waals surface area contributed by atoms with E-state index in [9.17, 15) is 13.2 Å². The van der Waals surface area contributed by atoms with Gasteiger partial charge in [0.15, 0.2) is 21.3 Å². The maximum atomic E-state index is 12.4. The van der Waals surface area contributed by atoms with Crippen molar-refractivity contribution in [3.05, 3.63) is 17.7 Å². The Kier molecular flexibility index (Phi) is 7.54. The maximum absolute atomic E-state index is 12.4. The van der Waals surface area contributed by atoms with Crippen LogP contribution in [0, 0.1) is 12.3 Å². The number of nitrogens with zero attached hydrogens (tertiary/aromatic N) is 1. The Labute approximate surface area is 166 Å². The van der Waals surface area contributed by atoms with E-state index in [4.69, 9.17) is 20.6 Å². The molecule has 0 radical (unpaired) electrons. The van der Waals surface area contributed by atoms with Crippen LogP contribution >= 0.6 is 0 Å². The van der Waals surface area contributed by atoms with Crippen molar-refractivity contribution in [3.8, 4) is 29.6 Å². The fourth-order valence-electron chi connectivity index (χ4n) is 3.16. The Morgan fingerprint density at radius 1 is 1.21 bits per heavy atom. The zero-order valence-electron chi connectivity index (χ0n) is 16.4. The summed E-state index contributed by atoms with van der Waals surface area (Å²) < 4.78 is 39.3. The van der Waals surface area contributed by atoms with Crippen LogP contribution in [0.3, 0.4) is 0 Å². The lowest BCUT2D eigenvalue weighted by molar-refractivity contribution is -0.122. The summed E-state index contributed by atoms with van der Waals surface area (Å²) in [6.45, 7) is 0.461. The molecule has 1 aromatic rings. The van der Waals surface area contributed by atoms with E-state index in [1.807, 2.05) is 0 Å². The summed E-state index contributed by atoms with van der Waals surface area (Å²) in [6, 6.07) is 3.19. The van der Waals surface area contributed by atoms with Crippen LogP contribution in [0.4, 0.5) is 0 Å². The van der Waals surface area contributed by atoms with Crippen molar-refractivity contribution in [2.75, 3.05) is 45.9 Å². The van der Waals surface area contributed by atoms with Gasteiger partial charge in [-0.3, -0.25) is 9.69 Å². The third-order valence-corrected chi connectivity index (χ3v) is 6.38. The molecule has 1 aliphatic heterocycles. The van der Waals surface area contributed by atoms with Gasteiger partial charge in [0, 0.05) is 24.2 Å². The van der Waals surface area contributed by atoms with E-state index >= 15 is 0 Å². The summed E-state index contributed by atoms with van der Waals surface area (Å²) in [5.74, 6) is 4.01. The lowest BCUT2D eigenvalue weighted by Crippen LogP contribution is -2.43. The second kappa shape index (κ2) is 9.66. The molecule has 2 rings (SSSR count). The SMILES string of the molecule is C#CCN(CC(=O)NCc1cc(OC)c(OC)cc1OC)C1CCS(=O)(=O)C1. The van der Waals surface area contributed by atoms with Crippen LogP contribution in [-0.2, 0) is 21.2 Å². The van der Waals surface area contributed by atoms with Gasteiger partial charge in [-0.05, 0) is 12.5 Å². The molecule has 0 spiro atoms. The van der Waals surface area contributed by atoms with Crippen molar-refractivity contribution < 1.29 is 27.4 Å². The van der Waals surface area contributed by atoms with Crippen molar-refractivity contribution in [2.45, 2.75) is 19.0 Å². The average Bonchev–Trinajstić information content (AvgIpc) is 3.04. The second-order valence-electron chi connectivity index (χ2n) is 6.46. The number of amides is 1. The highest BCUT2D eigenvalue weighted by Crippen LogP contribution is 2.34. The van der Waals surface area contributed by atoms with Crippen molar-refractivity contribution in [1.29, 1.82) is 0 Å². The van der Waals surface area contributed by atoms with Gasteiger partial charge < -0.3 is 19.5 Å². The van der Waals surface area contributed by atoms with Crippen molar-refractivity contribution in [2.24, 2.45) is 0 Å². The Balaban J connectivity index is 2.03. The van der Waals surface area contributed by atoms with Crippen LogP contribution in [0.5, 0.6) is 17.2 Å². The van der Waals surface area contributed by atoms with Crippen LogP contribution in [0.15, 0.2) is 12.1 Å². The van der Waals surface area contributed by atoms with E-state index in [0.717, 1.165) is 5.56 Å². The first-order valence-corrected chi connectivity index (χ1v) is 10.6. The molecular weight excluding hydrogens is 384 g/mol.